The first kappa shape index (κ1) is 24.6. The van der Waals surface area contributed by atoms with E-state index in [2.05, 4.69) is 0 Å². The van der Waals surface area contributed by atoms with E-state index >= 15 is 0 Å². The monoisotopic (exact) mass is 452 g/mol. The normalized spacial score (nSPS) is 34.8. The number of esters is 2. The molecule has 32 heavy (non-hydrogen) atoms. The van der Waals surface area contributed by atoms with Crippen molar-refractivity contribution in [2.45, 2.75) is 74.8 Å². The Labute approximate surface area is 187 Å². The van der Waals surface area contributed by atoms with Gasteiger partial charge in [0.05, 0.1) is 18.3 Å². The molecule has 0 aromatic heterocycles. The number of fused-ring (bicyclic) bond motifs is 1. The minimum Gasteiger partial charge on any atom is -0.463 e. The first-order chi connectivity index (χ1) is 15.4. The molecule has 9 nitrogen and oxygen atoms in total. The number of cyclic esters (lactones) is 1. The van der Waals surface area contributed by atoms with E-state index in [9.17, 15) is 19.8 Å². The average molecular weight is 453 g/mol. The van der Waals surface area contributed by atoms with Gasteiger partial charge in [-0.05, 0) is 18.4 Å². The third-order valence-corrected chi connectivity index (χ3v) is 5.96. The lowest BCUT2D eigenvalue weighted by atomic mass is 9.91. The average Bonchev–Trinajstić information content (AvgIpc) is 2.80. The summed E-state index contributed by atoms with van der Waals surface area (Å²) < 4.78 is 28.6. The van der Waals surface area contributed by atoms with Gasteiger partial charge in [0.25, 0.3) is 0 Å². The van der Waals surface area contributed by atoms with Gasteiger partial charge in [-0.1, -0.05) is 30.3 Å². The van der Waals surface area contributed by atoms with Crippen molar-refractivity contribution >= 4 is 11.9 Å². The number of benzene rings is 1. The molecule has 0 radical (unpaired) electrons. The fourth-order valence-corrected chi connectivity index (χ4v) is 4.21. The zero-order chi connectivity index (χ0) is 23.1. The van der Waals surface area contributed by atoms with E-state index in [0.717, 1.165) is 5.56 Å². The lowest BCUT2D eigenvalue weighted by molar-refractivity contribution is -0.251. The number of ether oxygens (including phenoxy) is 5. The third-order valence-electron chi connectivity index (χ3n) is 5.96. The Morgan fingerprint density at radius 1 is 0.938 bits per heavy atom. The summed E-state index contributed by atoms with van der Waals surface area (Å²) in [5, 5.41) is 20.0. The van der Waals surface area contributed by atoms with Gasteiger partial charge in [0.15, 0.2) is 6.10 Å². The van der Waals surface area contributed by atoms with Crippen LogP contribution in [0.2, 0.25) is 0 Å². The minimum absolute atomic E-state index is 0.00921. The van der Waals surface area contributed by atoms with Gasteiger partial charge in [-0.25, -0.2) is 0 Å². The predicted octanol–water partition coefficient (Wildman–Crippen LogP) is 0.777. The number of carbonyl (C=O) groups is 2. The SMILES string of the molecule is CO[C@@H]1[C@@H](OC)[C@H](Cc2ccccc2)O[C@@H]2COC(=O)CCC(O)C(O)CCC(=O)O[C@@H]12. The quantitative estimate of drug-likeness (QED) is 0.638. The summed E-state index contributed by atoms with van der Waals surface area (Å²) in [4.78, 5) is 24.7. The van der Waals surface area contributed by atoms with Crippen LogP contribution in [-0.2, 0) is 39.7 Å². The number of rotatable bonds is 4. The molecule has 2 fully saturated rings. The number of aliphatic hydroxyl groups is 2. The maximum absolute atomic E-state index is 12.5. The van der Waals surface area contributed by atoms with Crippen molar-refractivity contribution in [2.24, 2.45) is 0 Å². The molecule has 0 spiro atoms. The molecule has 0 aliphatic carbocycles. The zero-order valence-electron chi connectivity index (χ0n) is 18.4. The molecular weight excluding hydrogens is 420 g/mol. The highest BCUT2D eigenvalue weighted by atomic mass is 16.6. The standard InChI is InChI=1S/C23H32O9/c1-28-21-17(12-14-6-4-3-5-7-14)31-18-13-30-19(26)10-8-15(24)16(25)9-11-20(27)32-22(18)23(21)29-2/h3-7,15-18,21-25H,8-13H2,1-2H3/t15?,16?,17-,18+,21-,22+,23+/m0/s1. The van der Waals surface area contributed by atoms with Crippen LogP contribution >= 0.6 is 0 Å². The Hall–Kier alpha value is -2.04. The van der Waals surface area contributed by atoms with Crippen LogP contribution < -0.4 is 0 Å². The maximum atomic E-state index is 12.5. The van der Waals surface area contributed by atoms with Gasteiger partial charge in [-0.3, -0.25) is 9.59 Å². The molecule has 0 bridgehead atoms. The first-order valence-electron chi connectivity index (χ1n) is 10.9. The van der Waals surface area contributed by atoms with Crippen LogP contribution in [0.15, 0.2) is 30.3 Å². The smallest absolute Gasteiger partial charge is 0.306 e. The van der Waals surface area contributed by atoms with Crippen LogP contribution in [-0.4, -0.2) is 85.7 Å². The summed E-state index contributed by atoms with van der Waals surface area (Å²) in [6.07, 6.45) is -5.11. The van der Waals surface area contributed by atoms with Gasteiger partial charge >= 0.3 is 11.9 Å². The molecule has 0 saturated carbocycles. The number of hydrogen-bond acceptors (Lipinski definition) is 9. The molecule has 9 heteroatoms. The highest BCUT2D eigenvalue weighted by molar-refractivity contribution is 5.70. The Morgan fingerprint density at radius 2 is 1.56 bits per heavy atom. The fourth-order valence-electron chi connectivity index (χ4n) is 4.21. The molecule has 1 aromatic carbocycles. The fraction of sp³-hybridized carbons (Fsp3) is 0.652. The van der Waals surface area contributed by atoms with Crippen molar-refractivity contribution in [3.05, 3.63) is 35.9 Å². The second kappa shape index (κ2) is 11.7. The number of methoxy groups -OCH3 is 2. The Bertz CT molecular complexity index is 740. The summed E-state index contributed by atoms with van der Waals surface area (Å²) in [6.45, 7) is -0.142. The van der Waals surface area contributed by atoms with Crippen molar-refractivity contribution in [1.82, 2.24) is 0 Å². The van der Waals surface area contributed by atoms with Gasteiger partial charge in [0.1, 0.15) is 24.9 Å². The molecule has 2 N–H and O–H groups in total. The van der Waals surface area contributed by atoms with Crippen molar-refractivity contribution < 1.29 is 43.5 Å². The Balaban J connectivity index is 1.83. The van der Waals surface area contributed by atoms with Crippen molar-refractivity contribution in [3.8, 4) is 0 Å². The summed E-state index contributed by atoms with van der Waals surface area (Å²) in [5.74, 6) is -1.11. The van der Waals surface area contributed by atoms with Crippen LogP contribution in [0, 0.1) is 0 Å². The first-order valence-corrected chi connectivity index (χ1v) is 10.9. The highest BCUT2D eigenvalue weighted by Gasteiger charge is 2.49. The third kappa shape index (κ3) is 6.26. The lowest BCUT2D eigenvalue weighted by Crippen LogP contribution is -2.61. The van der Waals surface area contributed by atoms with E-state index < -0.39 is 54.7 Å². The molecule has 2 unspecified atom stereocenters. The topological polar surface area (TPSA) is 121 Å². The molecule has 1 aromatic rings. The van der Waals surface area contributed by atoms with Gasteiger partial charge < -0.3 is 33.9 Å². The van der Waals surface area contributed by atoms with Crippen LogP contribution in [0.1, 0.15) is 31.2 Å². The summed E-state index contributed by atoms with van der Waals surface area (Å²) >= 11 is 0. The van der Waals surface area contributed by atoms with Crippen molar-refractivity contribution in [2.75, 3.05) is 20.8 Å². The summed E-state index contributed by atoms with van der Waals surface area (Å²) in [7, 11) is 3.04. The molecule has 2 aliphatic heterocycles. The van der Waals surface area contributed by atoms with E-state index in [1.807, 2.05) is 30.3 Å². The van der Waals surface area contributed by atoms with E-state index in [-0.39, 0.29) is 32.3 Å². The van der Waals surface area contributed by atoms with Gasteiger partial charge in [0.2, 0.25) is 0 Å². The second-order valence-corrected chi connectivity index (χ2v) is 8.15. The summed E-state index contributed by atoms with van der Waals surface area (Å²) in [6, 6.07) is 9.75. The number of hydrogen-bond donors (Lipinski definition) is 2. The summed E-state index contributed by atoms with van der Waals surface area (Å²) in [5.41, 5.74) is 1.04. The Kier molecular flexibility index (Phi) is 9.01. The highest BCUT2D eigenvalue weighted by Crippen LogP contribution is 2.30. The van der Waals surface area contributed by atoms with Gasteiger partial charge in [0, 0.05) is 33.5 Å². The van der Waals surface area contributed by atoms with Crippen LogP contribution in [0.5, 0.6) is 0 Å². The predicted molar refractivity (Wildman–Crippen MR) is 112 cm³/mol. The second-order valence-electron chi connectivity index (χ2n) is 8.15. The van der Waals surface area contributed by atoms with Crippen LogP contribution in [0.3, 0.4) is 0 Å². The van der Waals surface area contributed by atoms with Crippen molar-refractivity contribution in [3.63, 3.8) is 0 Å². The molecule has 2 saturated heterocycles. The molecule has 7 atom stereocenters. The molecule has 3 rings (SSSR count). The number of aliphatic hydroxyl groups excluding tert-OH is 2. The van der Waals surface area contributed by atoms with Crippen LogP contribution in [0.25, 0.3) is 0 Å². The van der Waals surface area contributed by atoms with E-state index in [4.69, 9.17) is 23.7 Å². The van der Waals surface area contributed by atoms with Gasteiger partial charge in [-0.2, -0.15) is 0 Å². The molecule has 2 heterocycles. The van der Waals surface area contributed by atoms with E-state index in [1.165, 1.54) is 14.2 Å². The maximum Gasteiger partial charge on any atom is 0.306 e. The molecule has 2 aliphatic rings. The molecular formula is C23H32O9. The number of carbonyl (C=O) groups excluding carboxylic acids is 2. The van der Waals surface area contributed by atoms with Crippen LogP contribution in [0.4, 0.5) is 0 Å². The Morgan fingerprint density at radius 3 is 2.19 bits per heavy atom. The lowest BCUT2D eigenvalue weighted by Gasteiger charge is -2.45. The molecule has 178 valence electrons. The minimum atomic E-state index is -1.14. The molecule has 0 amide bonds. The van der Waals surface area contributed by atoms with Crippen molar-refractivity contribution in [1.29, 1.82) is 0 Å². The van der Waals surface area contributed by atoms with E-state index in [0.29, 0.717) is 6.42 Å². The van der Waals surface area contributed by atoms with E-state index in [1.54, 1.807) is 0 Å². The van der Waals surface area contributed by atoms with Gasteiger partial charge in [-0.15, -0.1) is 0 Å². The largest absolute Gasteiger partial charge is 0.463 e. The zero-order valence-corrected chi connectivity index (χ0v) is 18.4.